The monoisotopic (exact) mass is 522 g/mol. The minimum Gasteiger partial charge on any atom is -0.477 e. The van der Waals surface area contributed by atoms with Gasteiger partial charge in [0.05, 0.1) is 5.02 Å². The van der Waals surface area contributed by atoms with E-state index in [0.717, 1.165) is 5.56 Å². The number of benzene rings is 3. The predicted molar refractivity (Wildman–Crippen MR) is 142 cm³/mol. The Morgan fingerprint density at radius 1 is 0.917 bits per heavy atom. The number of aromatic amines is 1. The summed E-state index contributed by atoms with van der Waals surface area (Å²) in [7, 11) is 0. The van der Waals surface area contributed by atoms with E-state index in [0.29, 0.717) is 33.8 Å². The molecule has 1 aromatic heterocycles. The lowest BCUT2D eigenvalue weighted by Crippen LogP contribution is -2.28. The van der Waals surface area contributed by atoms with E-state index in [1.807, 2.05) is 18.2 Å². The molecule has 5 N–H and O–H groups in total. The second kappa shape index (κ2) is 11.0. The number of halogens is 2. The van der Waals surface area contributed by atoms with Crippen LogP contribution in [0.2, 0.25) is 10.0 Å². The molecule has 0 fully saturated rings. The van der Waals surface area contributed by atoms with Crippen LogP contribution in [0.4, 0.5) is 16.2 Å². The van der Waals surface area contributed by atoms with E-state index in [1.54, 1.807) is 42.5 Å². The number of nitrogens with one attached hydrogen (secondary N) is 4. The molecular formula is C26H20Cl2N4O4. The number of hydrogen-bond donors (Lipinski definition) is 5. The lowest BCUT2D eigenvalue weighted by molar-refractivity contribution is -0.111. The Hall–Kier alpha value is -4.27. The number of carbonyl (C=O) groups is 3. The molecule has 0 aliphatic heterocycles. The third kappa shape index (κ3) is 6.04. The van der Waals surface area contributed by atoms with Crippen LogP contribution in [0, 0.1) is 0 Å². The summed E-state index contributed by atoms with van der Waals surface area (Å²) in [5.74, 6) is -1.65. The minimum absolute atomic E-state index is 0.105. The first-order chi connectivity index (χ1) is 17.3. The van der Waals surface area contributed by atoms with Crippen LogP contribution in [0.5, 0.6) is 0 Å². The van der Waals surface area contributed by atoms with E-state index in [1.165, 1.54) is 18.2 Å². The number of para-hydroxylation sites is 1. The number of carboxylic acids is 1. The fourth-order valence-corrected chi connectivity index (χ4v) is 4.13. The van der Waals surface area contributed by atoms with Gasteiger partial charge in [-0.3, -0.25) is 4.79 Å². The van der Waals surface area contributed by atoms with Crippen molar-refractivity contribution in [2.75, 3.05) is 10.6 Å². The summed E-state index contributed by atoms with van der Waals surface area (Å²) in [6, 6.07) is 18.8. The Morgan fingerprint density at radius 2 is 1.61 bits per heavy atom. The van der Waals surface area contributed by atoms with Crippen molar-refractivity contribution >= 4 is 69.5 Å². The molecule has 0 unspecified atom stereocenters. The first-order valence-electron chi connectivity index (χ1n) is 10.7. The van der Waals surface area contributed by atoms with Gasteiger partial charge in [0.1, 0.15) is 5.69 Å². The lowest BCUT2D eigenvalue weighted by Gasteiger charge is -2.08. The van der Waals surface area contributed by atoms with Crippen LogP contribution < -0.4 is 16.0 Å². The molecular weight excluding hydrogens is 503 g/mol. The Morgan fingerprint density at radius 3 is 2.31 bits per heavy atom. The lowest BCUT2D eigenvalue weighted by atomic mass is 10.1. The molecule has 1 heterocycles. The first-order valence-corrected chi connectivity index (χ1v) is 11.5. The Balaban J connectivity index is 1.38. The number of amides is 3. The van der Waals surface area contributed by atoms with E-state index >= 15 is 0 Å². The van der Waals surface area contributed by atoms with Gasteiger partial charge in [-0.15, -0.1) is 0 Å². The molecule has 10 heteroatoms. The van der Waals surface area contributed by atoms with Crippen LogP contribution in [0.1, 0.15) is 21.6 Å². The molecule has 36 heavy (non-hydrogen) atoms. The molecule has 0 bridgehead atoms. The van der Waals surface area contributed by atoms with Crippen molar-refractivity contribution in [3.8, 4) is 0 Å². The van der Waals surface area contributed by atoms with Gasteiger partial charge in [-0.05, 0) is 48.0 Å². The summed E-state index contributed by atoms with van der Waals surface area (Å²) in [5, 5.41) is 18.8. The number of hydrogen-bond acceptors (Lipinski definition) is 3. The number of urea groups is 1. The van der Waals surface area contributed by atoms with Gasteiger partial charge in [-0.1, -0.05) is 53.5 Å². The summed E-state index contributed by atoms with van der Waals surface area (Å²) >= 11 is 12.3. The van der Waals surface area contributed by atoms with Crippen molar-refractivity contribution in [3.63, 3.8) is 0 Å². The van der Waals surface area contributed by atoms with E-state index < -0.39 is 11.9 Å². The van der Waals surface area contributed by atoms with E-state index in [9.17, 15) is 19.5 Å². The molecule has 4 rings (SSSR count). The van der Waals surface area contributed by atoms with Crippen LogP contribution in [0.25, 0.3) is 17.0 Å². The Labute approximate surface area is 215 Å². The van der Waals surface area contributed by atoms with Gasteiger partial charge in [0.15, 0.2) is 0 Å². The average Bonchev–Trinajstić information content (AvgIpc) is 3.22. The van der Waals surface area contributed by atoms with E-state index in [2.05, 4.69) is 20.9 Å². The number of anilines is 2. The zero-order valence-corrected chi connectivity index (χ0v) is 20.2. The summed E-state index contributed by atoms with van der Waals surface area (Å²) < 4.78 is 0. The SMILES string of the molecule is O=C(/C=C/c1c(C(=O)O)[nH]c2cc(Cl)cc(Cl)c12)Nc1ccc(CNC(=O)Nc2ccccc2)cc1. The van der Waals surface area contributed by atoms with Crippen LogP contribution in [0.3, 0.4) is 0 Å². The third-order valence-corrected chi connectivity index (χ3v) is 5.69. The quantitative estimate of drug-likeness (QED) is 0.187. The minimum atomic E-state index is -1.19. The highest BCUT2D eigenvalue weighted by molar-refractivity contribution is 6.39. The average molecular weight is 523 g/mol. The second-order valence-corrected chi connectivity index (χ2v) is 8.57. The fraction of sp³-hybridized carbons (Fsp3) is 0.0385. The molecule has 0 aliphatic rings. The maximum absolute atomic E-state index is 12.5. The van der Waals surface area contributed by atoms with Gasteiger partial charge in [-0.25, -0.2) is 9.59 Å². The van der Waals surface area contributed by atoms with Crippen molar-refractivity contribution in [2.45, 2.75) is 6.54 Å². The van der Waals surface area contributed by atoms with E-state index in [4.69, 9.17) is 23.2 Å². The zero-order valence-electron chi connectivity index (χ0n) is 18.6. The number of aromatic nitrogens is 1. The van der Waals surface area contributed by atoms with Gasteiger partial charge in [0, 0.05) is 45.5 Å². The van der Waals surface area contributed by atoms with Gasteiger partial charge < -0.3 is 26.0 Å². The first kappa shape index (κ1) is 24.8. The van der Waals surface area contributed by atoms with Crippen LogP contribution in [0.15, 0.2) is 72.8 Å². The molecule has 8 nitrogen and oxygen atoms in total. The molecule has 0 atom stereocenters. The summed E-state index contributed by atoms with van der Waals surface area (Å²) in [6.07, 6.45) is 2.62. The largest absolute Gasteiger partial charge is 0.477 e. The van der Waals surface area contributed by atoms with Crippen molar-refractivity contribution < 1.29 is 19.5 Å². The molecule has 0 aliphatic carbocycles. The van der Waals surface area contributed by atoms with Crippen molar-refractivity contribution in [1.82, 2.24) is 10.3 Å². The van der Waals surface area contributed by atoms with Crippen molar-refractivity contribution in [1.29, 1.82) is 0 Å². The second-order valence-electron chi connectivity index (χ2n) is 7.72. The Bertz CT molecular complexity index is 1470. The zero-order chi connectivity index (χ0) is 25.7. The van der Waals surface area contributed by atoms with E-state index in [-0.39, 0.29) is 22.3 Å². The molecule has 3 amide bonds. The topological polar surface area (TPSA) is 123 Å². The number of H-pyrrole nitrogens is 1. The number of rotatable bonds is 7. The summed E-state index contributed by atoms with van der Waals surface area (Å²) in [4.78, 5) is 38.9. The summed E-state index contributed by atoms with van der Waals surface area (Å²) in [5.41, 5.74) is 2.67. The number of carboxylic acid groups (broad SMARTS) is 1. The van der Waals surface area contributed by atoms with Crippen LogP contribution in [-0.2, 0) is 11.3 Å². The predicted octanol–water partition coefficient (Wildman–Crippen LogP) is 6.15. The van der Waals surface area contributed by atoms with Crippen LogP contribution >= 0.6 is 23.2 Å². The maximum atomic E-state index is 12.5. The molecule has 4 aromatic rings. The van der Waals surface area contributed by atoms with Crippen molar-refractivity contribution in [3.05, 3.63) is 99.7 Å². The standard InChI is InChI=1S/C26H20Cl2N4O4/c27-16-12-20(28)23-19(24(25(34)35)32-21(23)13-16)10-11-22(33)30-18-8-6-15(7-9-18)14-29-26(36)31-17-4-2-1-3-5-17/h1-13,32H,14H2,(H,30,33)(H,34,35)(H2,29,31,36)/b11-10+. The van der Waals surface area contributed by atoms with Crippen LogP contribution in [-0.4, -0.2) is 28.0 Å². The Kier molecular flexibility index (Phi) is 7.58. The number of fused-ring (bicyclic) bond motifs is 1. The molecule has 3 aromatic carbocycles. The smallest absolute Gasteiger partial charge is 0.352 e. The summed E-state index contributed by atoms with van der Waals surface area (Å²) in [6.45, 7) is 0.302. The van der Waals surface area contributed by atoms with Crippen molar-refractivity contribution in [2.24, 2.45) is 0 Å². The van der Waals surface area contributed by atoms with Gasteiger partial charge in [-0.2, -0.15) is 0 Å². The highest BCUT2D eigenvalue weighted by Gasteiger charge is 2.18. The normalized spacial score (nSPS) is 10.9. The molecule has 182 valence electrons. The highest BCUT2D eigenvalue weighted by atomic mass is 35.5. The fourth-order valence-electron chi connectivity index (χ4n) is 3.54. The number of aromatic carboxylic acids is 1. The highest BCUT2D eigenvalue weighted by Crippen LogP contribution is 2.33. The molecule has 0 saturated carbocycles. The number of carbonyl (C=O) groups excluding carboxylic acids is 2. The third-order valence-electron chi connectivity index (χ3n) is 5.17. The molecule has 0 saturated heterocycles. The van der Waals surface area contributed by atoms with Gasteiger partial charge >= 0.3 is 12.0 Å². The molecule has 0 spiro atoms. The molecule has 0 radical (unpaired) electrons. The maximum Gasteiger partial charge on any atom is 0.352 e. The van der Waals surface area contributed by atoms with Gasteiger partial charge in [0.2, 0.25) is 5.91 Å². The van der Waals surface area contributed by atoms with Gasteiger partial charge in [0.25, 0.3) is 0 Å².